The lowest BCUT2D eigenvalue weighted by atomic mass is 10.1. The fourth-order valence-corrected chi connectivity index (χ4v) is 2.98. The topological polar surface area (TPSA) is 68.1 Å². The van der Waals surface area contributed by atoms with Gasteiger partial charge in [0.1, 0.15) is 12.0 Å². The zero-order valence-electron chi connectivity index (χ0n) is 11.0. The second-order valence-electron chi connectivity index (χ2n) is 4.39. The summed E-state index contributed by atoms with van der Waals surface area (Å²) in [4.78, 5) is 16.7. The number of nitrogens with zero attached hydrogens (tertiary/aromatic N) is 2. The number of nitrogens with one attached hydrogen (secondary N) is 1. The molecule has 0 aliphatic rings. The van der Waals surface area contributed by atoms with Crippen molar-refractivity contribution >= 4 is 22.8 Å². The number of anilines is 1. The molecule has 1 N–H and O–H groups in total. The summed E-state index contributed by atoms with van der Waals surface area (Å²) >= 11 is 1.76. The molecule has 0 fully saturated rings. The highest BCUT2D eigenvalue weighted by Crippen LogP contribution is 2.28. The maximum atomic E-state index is 10.5. The van der Waals surface area contributed by atoms with Crippen LogP contribution in [0.1, 0.15) is 28.3 Å². The van der Waals surface area contributed by atoms with Crippen LogP contribution >= 0.6 is 11.3 Å². The Balaban J connectivity index is 2.12. The number of hydrogen-bond acceptors (Lipinski definition) is 5. The molecular weight excluding hydrogens is 262 g/mol. The maximum absolute atomic E-state index is 10.5. The molecule has 2 rings (SSSR count). The third kappa shape index (κ3) is 3.08. The van der Waals surface area contributed by atoms with E-state index in [2.05, 4.69) is 37.1 Å². The van der Waals surface area contributed by atoms with Gasteiger partial charge in [0.15, 0.2) is 0 Å². The van der Waals surface area contributed by atoms with E-state index in [-0.39, 0.29) is 11.7 Å². The van der Waals surface area contributed by atoms with Gasteiger partial charge in [-0.2, -0.15) is 0 Å². The molecule has 1 atom stereocenters. The third-order valence-corrected chi connectivity index (χ3v) is 3.85. The van der Waals surface area contributed by atoms with Gasteiger partial charge >= 0.3 is 0 Å². The summed E-state index contributed by atoms with van der Waals surface area (Å²) < 4.78 is 0. The quantitative estimate of drug-likeness (QED) is 0.681. The Hall–Kier alpha value is -1.95. The predicted octanol–water partition coefficient (Wildman–Crippen LogP) is 3.84. The Kier molecular flexibility index (Phi) is 3.80. The van der Waals surface area contributed by atoms with Gasteiger partial charge in [-0.05, 0) is 38.5 Å². The maximum Gasteiger partial charge on any atom is 0.287 e. The van der Waals surface area contributed by atoms with Crippen LogP contribution in [0.4, 0.5) is 11.5 Å². The minimum absolute atomic E-state index is 0.000705. The molecule has 0 saturated carbocycles. The van der Waals surface area contributed by atoms with Crippen molar-refractivity contribution in [3.8, 4) is 0 Å². The van der Waals surface area contributed by atoms with Crippen molar-refractivity contribution in [2.24, 2.45) is 0 Å². The van der Waals surface area contributed by atoms with Crippen molar-refractivity contribution in [3.63, 3.8) is 0 Å². The molecule has 0 amide bonds. The number of rotatable bonds is 4. The lowest BCUT2D eigenvalue weighted by Gasteiger charge is -2.14. The van der Waals surface area contributed by atoms with E-state index < -0.39 is 4.92 Å². The average Bonchev–Trinajstić information content (AvgIpc) is 2.69. The second-order valence-corrected chi connectivity index (χ2v) is 5.85. The molecule has 100 valence electrons. The van der Waals surface area contributed by atoms with Crippen LogP contribution in [-0.2, 0) is 0 Å². The Morgan fingerprint density at radius 1 is 1.42 bits per heavy atom. The first kappa shape index (κ1) is 13.5. The minimum Gasteiger partial charge on any atom is -0.364 e. The first-order valence-electron chi connectivity index (χ1n) is 5.91. The third-order valence-electron chi connectivity index (χ3n) is 2.87. The summed E-state index contributed by atoms with van der Waals surface area (Å²) in [6.45, 7) is 6.23. The molecule has 2 aromatic rings. The standard InChI is InChI=1S/C13H15N3O2S/c1-8-6-12(10(3)19-8)9(2)15-13-5-4-11(7-14-13)16(17)18/h4-7,9H,1-3H3,(H,14,15). The highest BCUT2D eigenvalue weighted by Gasteiger charge is 2.12. The average molecular weight is 277 g/mol. The van der Waals surface area contributed by atoms with Crippen molar-refractivity contribution in [3.05, 3.63) is 49.8 Å². The fraction of sp³-hybridized carbons (Fsp3) is 0.308. The van der Waals surface area contributed by atoms with Crippen molar-refractivity contribution in [2.75, 3.05) is 5.32 Å². The molecule has 19 heavy (non-hydrogen) atoms. The van der Waals surface area contributed by atoms with E-state index >= 15 is 0 Å². The van der Waals surface area contributed by atoms with E-state index in [0.29, 0.717) is 5.82 Å². The molecule has 0 bridgehead atoms. The molecule has 0 saturated heterocycles. The normalized spacial score (nSPS) is 12.2. The molecule has 2 aromatic heterocycles. The predicted molar refractivity (Wildman–Crippen MR) is 76.7 cm³/mol. The molecule has 1 unspecified atom stereocenters. The summed E-state index contributed by atoms with van der Waals surface area (Å²) in [5.74, 6) is 0.640. The largest absolute Gasteiger partial charge is 0.364 e. The SMILES string of the molecule is Cc1cc(C(C)Nc2ccc([N+](=O)[O-])cn2)c(C)s1. The molecular formula is C13H15N3O2S. The molecule has 0 radical (unpaired) electrons. The van der Waals surface area contributed by atoms with Crippen molar-refractivity contribution < 1.29 is 4.92 Å². The van der Waals surface area contributed by atoms with E-state index in [1.54, 1.807) is 17.4 Å². The lowest BCUT2D eigenvalue weighted by molar-refractivity contribution is -0.385. The van der Waals surface area contributed by atoms with Crippen LogP contribution < -0.4 is 5.32 Å². The number of nitro groups is 1. The van der Waals surface area contributed by atoms with Crippen LogP contribution in [0.3, 0.4) is 0 Å². The molecule has 5 nitrogen and oxygen atoms in total. The van der Waals surface area contributed by atoms with Gasteiger partial charge in [-0.15, -0.1) is 11.3 Å². The van der Waals surface area contributed by atoms with Gasteiger partial charge in [-0.3, -0.25) is 10.1 Å². The summed E-state index contributed by atoms with van der Waals surface area (Å²) in [7, 11) is 0. The minimum atomic E-state index is -0.452. The van der Waals surface area contributed by atoms with Gasteiger partial charge in [-0.1, -0.05) is 0 Å². The molecule has 6 heteroatoms. The van der Waals surface area contributed by atoms with E-state index in [1.165, 1.54) is 27.6 Å². The van der Waals surface area contributed by atoms with E-state index in [1.807, 2.05) is 0 Å². The van der Waals surface area contributed by atoms with E-state index in [9.17, 15) is 10.1 Å². The number of pyridine rings is 1. The zero-order valence-corrected chi connectivity index (χ0v) is 11.8. The fourth-order valence-electron chi connectivity index (χ4n) is 1.96. The first-order valence-corrected chi connectivity index (χ1v) is 6.73. The Labute approximate surface area is 115 Å². The Morgan fingerprint density at radius 2 is 2.16 bits per heavy atom. The summed E-state index contributed by atoms with van der Waals surface area (Å²) in [6.07, 6.45) is 1.26. The highest BCUT2D eigenvalue weighted by atomic mass is 32.1. The smallest absolute Gasteiger partial charge is 0.287 e. The summed E-state index contributed by atoms with van der Waals surface area (Å²) in [5, 5.41) is 13.8. The van der Waals surface area contributed by atoms with E-state index in [0.717, 1.165) is 0 Å². The summed E-state index contributed by atoms with van der Waals surface area (Å²) in [5.41, 5.74) is 1.24. The van der Waals surface area contributed by atoms with Gasteiger partial charge in [0.05, 0.1) is 11.0 Å². The van der Waals surface area contributed by atoms with Crippen LogP contribution in [0.5, 0.6) is 0 Å². The number of aromatic nitrogens is 1. The van der Waals surface area contributed by atoms with Gasteiger partial charge in [0.2, 0.25) is 0 Å². The molecule has 0 spiro atoms. The van der Waals surface area contributed by atoms with Crippen LogP contribution in [-0.4, -0.2) is 9.91 Å². The number of aryl methyl sites for hydroxylation is 2. The molecule has 0 aliphatic heterocycles. The monoisotopic (exact) mass is 277 g/mol. The molecule has 0 aromatic carbocycles. The van der Waals surface area contributed by atoms with Gasteiger partial charge in [0.25, 0.3) is 5.69 Å². The molecule has 2 heterocycles. The van der Waals surface area contributed by atoms with Crippen LogP contribution in [0.2, 0.25) is 0 Å². The first-order chi connectivity index (χ1) is 8.97. The Bertz CT molecular complexity index is 592. The van der Waals surface area contributed by atoms with Crippen LogP contribution in [0.15, 0.2) is 24.4 Å². The summed E-state index contributed by atoms with van der Waals surface area (Å²) in [6, 6.07) is 5.36. The van der Waals surface area contributed by atoms with E-state index in [4.69, 9.17) is 0 Å². The highest BCUT2D eigenvalue weighted by molar-refractivity contribution is 7.12. The van der Waals surface area contributed by atoms with Crippen LogP contribution in [0.25, 0.3) is 0 Å². The van der Waals surface area contributed by atoms with Crippen molar-refractivity contribution in [1.29, 1.82) is 0 Å². The molecule has 0 aliphatic carbocycles. The number of thiophene rings is 1. The van der Waals surface area contributed by atoms with Gasteiger partial charge < -0.3 is 5.32 Å². The Morgan fingerprint density at radius 3 is 2.63 bits per heavy atom. The van der Waals surface area contributed by atoms with Gasteiger partial charge in [-0.25, -0.2) is 4.98 Å². The van der Waals surface area contributed by atoms with Gasteiger partial charge in [0, 0.05) is 15.8 Å². The van der Waals surface area contributed by atoms with Crippen LogP contribution in [0, 0.1) is 24.0 Å². The second kappa shape index (κ2) is 5.36. The zero-order chi connectivity index (χ0) is 14.0. The van der Waals surface area contributed by atoms with Crippen molar-refractivity contribution in [1.82, 2.24) is 4.98 Å². The lowest BCUT2D eigenvalue weighted by Crippen LogP contribution is -2.08. The van der Waals surface area contributed by atoms with Crippen molar-refractivity contribution in [2.45, 2.75) is 26.8 Å². The number of hydrogen-bond donors (Lipinski definition) is 1.